The Morgan fingerprint density at radius 1 is 1.23 bits per heavy atom. The largest absolute Gasteiger partial charge is 0.497 e. The highest BCUT2D eigenvalue weighted by Gasteiger charge is 2.61. The van der Waals surface area contributed by atoms with Crippen LogP contribution in [0.3, 0.4) is 0 Å². The first-order valence-corrected chi connectivity index (χ1v) is 8.41. The third-order valence-corrected chi connectivity index (χ3v) is 6.75. The molecular weight excluding hydrogens is 276 g/mol. The van der Waals surface area contributed by atoms with E-state index in [0.717, 1.165) is 37.9 Å². The van der Waals surface area contributed by atoms with E-state index < -0.39 is 5.60 Å². The summed E-state index contributed by atoms with van der Waals surface area (Å²) in [5.41, 5.74) is 1.58. The Bertz CT molecular complexity index is 638. The summed E-state index contributed by atoms with van der Waals surface area (Å²) >= 11 is 0. The van der Waals surface area contributed by atoms with Gasteiger partial charge in [0.1, 0.15) is 11.5 Å². The van der Waals surface area contributed by atoms with Gasteiger partial charge >= 0.3 is 0 Å². The van der Waals surface area contributed by atoms with Gasteiger partial charge in [-0.1, -0.05) is 13.0 Å². The molecule has 0 bridgehead atoms. The summed E-state index contributed by atoms with van der Waals surface area (Å²) in [6.07, 6.45) is 4.97. The molecule has 3 nitrogen and oxygen atoms in total. The maximum Gasteiger partial charge on any atom is 0.139 e. The van der Waals surface area contributed by atoms with E-state index in [1.165, 1.54) is 11.1 Å². The molecular formula is C19H24O3. The molecule has 0 saturated heterocycles. The van der Waals surface area contributed by atoms with Gasteiger partial charge in [0.15, 0.2) is 0 Å². The molecule has 3 aliphatic carbocycles. The highest BCUT2D eigenvalue weighted by molar-refractivity contribution is 5.87. The van der Waals surface area contributed by atoms with Gasteiger partial charge < -0.3 is 9.84 Å². The lowest BCUT2D eigenvalue weighted by Gasteiger charge is -2.54. The second kappa shape index (κ2) is 4.58. The molecule has 4 rings (SSSR count). The topological polar surface area (TPSA) is 46.5 Å². The van der Waals surface area contributed by atoms with Crippen molar-refractivity contribution < 1.29 is 14.6 Å². The van der Waals surface area contributed by atoms with Crippen molar-refractivity contribution in [2.75, 3.05) is 7.11 Å². The number of hydrogen-bond donors (Lipinski definition) is 1. The Hall–Kier alpha value is -1.35. The zero-order valence-electron chi connectivity index (χ0n) is 13.4. The van der Waals surface area contributed by atoms with Crippen LogP contribution in [-0.4, -0.2) is 23.6 Å². The number of carbonyl (C=O) groups is 1. The van der Waals surface area contributed by atoms with Crippen molar-refractivity contribution in [2.45, 2.75) is 57.0 Å². The molecule has 3 aliphatic rings. The van der Waals surface area contributed by atoms with Gasteiger partial charge in [-0.05, 0) is 55.4 Å². The third kappa shape index (κ3) is 1.69. The van der Waals surface area contributed by atoms with E-state index in [9.17, 15) is 9.90 Å². The standard InChI is InChI=1S/C19H24O3/c1-18-9-8-15-14-4-3-13(22-2)11-12(14)7-10-19(15,21)16(18)5-6-17(18)20/h3-4,11,15-16,21H,5-10H2,1-2H3/t15-,16-,18+,19+/m1/s1. The van der Waals surface area contributed by atoms with Gasteiger partial charge in [0, 0.05) is 23.7 Å². The van der Waals surface area contributed by atoms with E-state index in [0.29, 0.717) is 12.2 Å². The van der Waals surface area contributed by atoms with Crippen LogP contribution in [-0.2, 0) is 11.2 Å². The van der Waals surface area contributed by atoms with E-state index in [4.69, 9.17) is 4.74 Å². The van der Waals surface area contributed by atoms with Crippen LogP contribution in [0.5, 0.6) is 5.75 Å². The number of rotatable bonds is 1. The number of fused-ring (bicyclic) bond motifs is 5. The number of hydrogen-bond acceptors (Lipinski definition) is 3. The number of methoxy groups -OCH3 is 1. The van der Waals surface area contributed by atoms with Gasteiger partial charge in [-0.15, -0.1) is 0 Å². The fourth-order valence-electron chi connectivity index (χ4n) is 5.50. The molecule has 0 aromatic heterocycles. The minimum absolute atomic E-state index is 0.126. The number of carbonyl (C=O) groups excluding carboxylic acids is 1. The van der Waals surface area contributed by atoms with Crippen LogP contribution in [0, 0.1) is 11.3 Å². The quantitative estimate of drug-likeness (QED) is 0.866. The molecule has 118 valence electrons. The lowest BCUT2D eigenvalue weighted by molar-refractivity contribution is -0.146. The smallest absolute Gasteiger partial charge is 0.139 e. The van der Waals surface area contributed by atoms with Crippen molar-refractivity contribution in [1.82, 2.24) is 0 Å². The Morgan fingerprint density at radius 2 is 2.05 bits per heavy atom. The van der Waals surface area contributed by atoms with E-state index in [2.05, 4.69) is 19.1 Å². The molecule has 22 heavy (non-hydrogen) atoms. The van der Waals surface area contributed by atoms with Crippen LogP contribution < -0.4 is 4.74 Å². The maximum atomic E-state index is 12.3. The molecule has 0 radical (unpaired) electrons. The average Bonchev–Trinajstić information content (AvgIpc) is 2.83. The Balaban J connectivity index is 1.77. The summed E-state index contributed by atoms with van der Waals surface area (Å²) in [6, 6.07) is 6.24. The second-order valence-electron chi connectivity index (χ2n) is 7.58. The van der Waals surface area contributed by atoms with Gasteiger partial charge in [-0.25, -0.2) is 0 Å². The van der Waals surface area contributed by atoms with Crippen molar-refractivity contribution >= 4 is 5.78 Å². The Labute approximate surface area is 131 Å². The minimum Gasteiger partial charge on any atom is -0.497 e. The molecule has 0 unspecified atom stereocenters. The molecule has 3 heteroatoms. The highest BCUT2D eigenvalue weighted by Crippen LogP contribution is 2.61. The molecule has 2 fully saturated rings. The normalized spacial score (nSPS) is 39.9. The summed E-state index contributed by atoms with van der Waals surface area (Å²) < 4.78 is 5.33. The first-order chi connectivity index (χ1) is 10.5. The second-order valence-corrected chi connectivity index (χ2v) is 7.58. The van der Waals surface area contributed by atoms with Crippen LogP contribution in [0.25, 0.3) is 0 Å². The predicted octanol–water partition coefficient (Wildman–Crippen LogP) is 3.24. The Kier molecular flexibility index (Phi) is 2.96. The van der Waals surface area contributed by atoms with Gasteiger partial charge in [-0.2, -0.15) is 0 Å². The predicted molar refractivity (Wildman–Crippen MR) is 84.1 cm³/mol. The number of ketones is 1. The van der Waals surface area contributed by atoms with Crippen LogP contribution in [0.15, 0.2) is 18.2 Å². The van der Waals surface area contributed by atoms with Crippen LogP contribution in [0.1, 0.15) is 56.1 Å². The lowest BCUT2D eigenvalue weighted by atomic mass is 9.53. The van der Waals surface area contributed by atoms with E-state index in [-0.39, 0.29) is 17.3 Å². The monoisotopic (exact) mass is 300 g/mol. The van der Waals surface area contributed by atoms with Crippen molar-refractivity contribution in [3.8, 4) is 5.75 Å². The number of ether oxygens (including phenoxy) is 1. The molecule has 0 aliphatic heterocycles. The number of aryl methyl sites for hydroxylation is 1. The summed E-state index contributed by atoms with van der Waals surface area (Å²) in [7, 11) is 1.69. The van der Waals surface area contributed by atoms with Crippen molar-refractivity contribution in [2.24, 2.45) is 11.3 Å². The maximum absolute atomic E-state index is 12.3. The third-order valence-electron chi connectivity index (χ3n) is 6.75. The summed E-state index contributed by atoms with van der Waals surface area (Å²) in [4.78, 5) is 12.3. The van der Waals surface area contributed by atoms with Crippen LogP contribution in [0.4, 0.5) is 0 Å². The fourth-order valence-corrected chi connectivity index (χ4v) is 5.50. The first kappa shape index (κ1) is 14.3. The summed E-state index contributed by atoms with van der Waals surface area (Å²) in [5.74, 6) is 1.55. The molecule has 0 spiro atoms. The average molecular weight is 300 g/mol. The van der Waals surface area contributed by atoms with Gasteiger partial charge in [0.25, 0.3) is 0 Å². The molecule has 0 heterocycles. The van der Waals surface area contributed by atoms with Gasteiger partial charge in [-0.3, -0.25) is 4.79 Å². The molecule has 0 amide bonds. The van der Waals surface area contributed by atoms with Crippen molar-refractivity contribution in [3.05, 3.63) is 29.3 Å². The summed E-state index contributed by atoms with van der Waals surface area (Å²) in [5, 5.41) is 11.5. The van der Waals surface area contributed by atoms with Crippen LogP contribution >= 0.6 is 0 Å². The lowest BCUT2D eigenvalue weighted by Crippen LogP contribution is -2.55. The number of Topliss-reactive ketones (excluding diaryl/α,β-unsaturated/α-hetero) is 1. The van der Waals surface area contributed by atoms with Gasteiger partial charge in [0.2, 0.25) is 0 Å². The Morgan fingerprint density at radius 3 is 2.82 bits per heavy atom. The molecule has 1 N–H and O–H groups in total. The van der Waals surface area contributed by atoms with Crippen molar-refractivity contribution in [3.63, 3.8) is 0 Å². The molecule has 1 aromatic carbocycles. The van der Waals surface area contributed by atoms with E-state index in [1.54, 1.807) is 7.11 Å². The first-order valence-electron chi connectivity index (χ1n) is 8.41. The molecule has 1 aromatic rings. The van der Waals surface area contributed by atoms with E-state index >= 15 is 0 Å². The molecule has 2 saturated carbocycles. The van der Waals surface area contributed by atoms with Crippen LogP contribution in [0.2, 0.25) is 0 Å². The van der Waals surface area contributed by atoms with E-state index in [1.807, 2.05) is 6.07 Å². The zero-order valence-corrected chi connectivity index (χ0v) is 13.4. The minimum atomic E-state index is -0.708. The number of aliphatic hydroxyl groups is 1. The van der Waals surface area contributed by atoms with Crippen molar-refractivity contribution in [1.29, 1.82) is 0 Å². The number of benzene rings is 1. The zero-order chi connectivity index (χ0) is 15.5. The SMILES string of the molecule is COc1ccc2c(c1)CC[C@]1(O)[C@@H]2CC[C@]2(C)C(=O)CC[C@@H]12. The highest BCUT2D eigenvalue weighted by atomic mass is 16.5. The fraction of sp³-hybridized carbons (Fsp3) is 0.632. The van der Waals surface area contributed by atoms with Gasteiger partial charge in [0.05, 0.1) is 12.7 Å². The summed E-state index contributed by atoms with van der Waals surface area (Å²) in [6.45, 7) is 2.09. The molecule has 4 atom stereocenters.